The van der Waals surface area contributed by atoms with Crippen molar-refractivity contribution in [2.24, 2.45) is 0 Å². The van der Waals surface area contributed by atoms with Crippen LogP contribution in [-0.4, -0.2) is 6.61 Å². The van der Waals surface area contributed by atoms with Crippen molar-refractivity contribution < 1.29 is 9.47 Å². The van der Waals surface area contributed by atoms with Gasteiger partial charge in [-0.1, -0.05) is 36.3 Å². The molecule has 0 atom stereocenters. The third kappa shape index (κ3) is 3.57. The zero-order chi connectivity index (χ0) is 12.6. The van der Waals surface area contributed by atoms with Crippen LogP contribution in [0.25, 0.3) is 0 Å². The normalized spacial score (nSPS) is 9.50. The van der Waals surface area contributed by atoms with E-state index < -0.39 is 0 Å². The standard InChI is InChI=1S/C16H14O2/c1-2-11-17-16-10-6-7-14(12-16)13-18-15-8-4-3-5-9-15/h1,3-10,12H,11,13H2. The van der Waals surface area contributed by atoms with Crippen molar-refractivity contribution in [3.8, 4) is 23.8 Å². The highest BCUT2D eigenvalue weighted by Crippen LogP contribution is 2.16. The number of hydrogen-bond acceptors (Lipinski definition) is 2. The molecule has 2 aromatic carbocycles. The van der Waals surface area contributed by atoms with Crippen molar-refractivity contribution >= 4 is 0 Å². The Labute approximate surface area is 107 Å². The van der Waals surface area contributed by atoms with Gasteiger partial charge in [0, 0.05) is 0 Å². The number of benzene rings is 2. The Bertz CT molecular complexity index is 526. The van der Waals surface area contributed by atoms with Gasteiger partial charge >= 0.3 is 0 Å². The van der Waals surface area contributed by atoms with Gasteiger partial charge in [-0.05, 0) is 29.8 Å². The van der Waals surface area contributed by atoms with E-state index in [4.69, 9.17) is 15.9 Å². The van der Waals surface area contributed by atoms with Crippen LogP contribution in [0.4, 0.5) is 0 Å². The highest BCUT2D eigenvalue weighted by molar-refractivity contribution is 5.29. The second kappa shape index (κ2) is 6.36. The Kier molecular flexibility index (Phi) is 4.27. The molecule has 90 valence electrons. The second-order valence-corrected chi connectivity index (χ2v) is 3.74. The van der Waals surface area contributed by atoms with Gasteiger partial charge in [-0.3, -0.25) is 0 Å². The molecule has 0 aromatic heterocycles. The van der Waals surface area contributed by atoms with Gasteiger partial charge in [-0.15, -0.1) is 6.42 Å². The molecule has 0 aliphatic rings. The van der Waals surface area contributed by atoms with Gasteiger partial charge in [0.2, 0.25) is 0 Å². The molecular formula is C16H14O2. The summed E-state index contributed by atoms with van der Waals surface area (Å²) in [7, 11) is 0. The lowest BCUT2D eigenvalue weighted by Crippen LogP contribution is -1.97. The predicted octanol–water partition coefficient (Wildman–Crippen LogP) is 3.28. The molecule has 2 nitrogen and oxygen atoms in total. The molecule has 18 heavy (non-hydrogen) atoms. The fourth-order valence-electron chi connectivity index (χ4n) is 1.53. The summed E-state index contributed by atoms with van der Waals surface area (Å²) < 4.78 is 11.0. The van der Waals surface area contributed by atoms with Crippen molar-refractivity contribution in [1.29, 1.82) is 0 Å². The molecule has 0 fully saturated rings. The van der Waals surface area contributed by atoms with Gasteiger partial charge in [0.25, 0.3) is 0 Å². The first-order valence-corrected chi connectivity index (χ1v) is 5.71. The summed E-state index contributed by atoms with van der Waals surface area (Å²) in [6, 6.07) is 17.4. The maximum absolute atomic E-state index is 5.66. The largest absolute Gasteiger partial charge is 0.489 e. The van der Waals surface area contributed by atoms with Crippen LogP contribution in [0.1, 0.15) is 5.56 Å². The van der Waals surface area contributed by atoms with Crippen LogP contribution >= 0.6 is 0 Å². The van der Waals surface area contributed by atoms with Gasteiger partial charge in [0.15, 0.2) is 0 Å². The summed E-state index contributed by atoms with van der Waals surface area (Å²) in [5, 5.41) is 0. The molecule has 0 N–H and O–H groups in total. The summed E-state index contributed by atoms with van der Waals surface area (Å²) in [4.78, 5) is 0. The van der Waals surface area contributed by atoms with E-state index in [1.807, 2.05) is 54.6 Å². The van der Waals surface area contributed by atoms with Gasteiger partial charge in [0.05, 0.1) is 0 Å². The molecule has 0 heterocycles. The third-order valence-electron chi connectivity index (χ3n) is 2.37. The van der Waals surface area contributed by atoms with Crippen LogP contribution in [0.3, 0.4) is 0 Å². The highest BCUT2D eigenvalue weighted by atomic mass is 16.5. The van der Waals surface area contributed by atoms with E-state index in [1.165, 1.54) is 0 Å². The monoisotopic (exact) mass is 238 g/mol. The maximum Gasteiger partial charge on any atom is 0.148 e. The molecule has 0 spiro atoms. The second-order valence-electron chi connectivity index (χ2n) is 3.74. The zero-order valence-electron chi connectivity index (χ0n) is 10.0. The molecule has 0 aliphatic heterocycles. The van der Waals surface area contributed by atoms with Crippen molar-refractivity contribution in [2.45, 2.75) is 6.61 Å². The van der Waals surface area contributed by atoms with Gasteiger partial charge in [-0.2, -0.15) is 0 Å². The van der Waals surface area contributed by atoms with Crippen LogP contribution in [0.15, 0.2) is 54.6 Å². The first-order valence-electron chi connectivity index (χ1n) is 5.71. The molecule has 2 heteroatoms. The van der Waals surface area contributed by atoms with Crippen LogP contribution in [0, 0.1) is 12.3 Å². The first kappa shape index (κ1) is 12.1. The average molecular weight is 238 g/mol. The predicted molar refractivity (Wildman–Crippen MR) is 71.5 cm³/mol. The van der Waals surface area contributed by atoms with Crippen molar-refractivity contribution in [3.63, 3.8) is 0 Å². The summed E-state index contributed by atoms with van der Waals surface area (Å²) in [5.74, 6) is 4.06. The van der Waals surface area contributed by atoms with E-state index in [9.17, 15) is 0 Å². The van der Waals surface area contributed by atoms with Crippen LogP contribution in [0.2, 0.25) is 0 Å². The highest BCUT2D eigenvalue weighted by Gasteiger charge is 1.98. The Hall–Kier alpha value is -2.40. The first-order chi connectivity index (χ1) is 8.88. The Morgan fingerprint density at radius 1 is 0.889 bits per heavy atom. The van der Waals surface area contributed by atoms with E-state index >= 15 is 0 Å². The van der Waals surface area contributed by atoms with E-state index in [0.29, 0.717) is 6.61 Å². The van der Waals surface area contributed by atoms with Gasteiger partial charge in [0.1, 0.15) is 24.7 Å². The number of hydrogen-bond donors (Lipinski definition) is 0. The van der Waals surface area contributed by atoms with Gasteiger partial charge in [-0.25, -0.2) is 0 Å². The van der Waals surface area contributed by atoms with E-state index in [1.54, 1.807) is 0 Å². The Morgan fingerprint density at radius 2 is 1.67 bits per heavy atom. The molecule has 0 saturated heterocycles. The number of rotatable bonds is 5. The van der Waals surface area contributed by atoms with Crippen LogP contribution in [-0.2, 0) is 6.61 Å². The average Bonchev–Trinajstić information content (AvgIpc) is 2.44. The molecule has 0 radical (unpaired) electrons. The molecule has 2 rings (SSSR count). The van der Waals surface area contributed by atoms with E-state index in [-0.39, 0.29) is 6.61 Å². The SMILES string of the molecule is C#CCOc1cccc(COc2ccccc2)c1. The minimum atomic E-state index is 0.281. The summed E-state index contributed by atoms with van der Waals surface area (Å²) in [5.41, 5.74) is 1.05. The van der Waals surface area contributed by atoms with E-state index in [2.05, 4.69) is 5.92 Å². The minimum absolute atomic E-state index is 0.281. The minimum Gasteiger partial charge on any atom is -0.489 e. The zero-order valence-corrected chi connectivity index (χ0v) is 10.0. The quantitative estimate of drug-likeness (QED) is 0.744. The van der Waals surface area contributed by atoms with Crippen molar-refractivity contribution in [2.75, 3.05) is 6.61 Å². The molecule has 0 bridgehead atoms. The van der Waals surface area contributed by atoms with Crippen molar-refractivity contribution in [3.05, 3.63) is 60.2 Å². The topological polar surface area (TPSA) is 18.5 Å². The lowest BCUT2D eigenvalue weighted by atomic mass is 10.2. The molecule has 0 saturated carbocycles. The fraction of sp³-hybridized carbons (Fsp3) is 0.125. The van der Waals surface area contributed by atoms with Crippen LogP contribution < -0.4 is 9.47 Å². The Morgan fingerprint density at radius 3 is 2.44 bits per heavy atom. The molecule has 0 aliphatic carbocycles. The Balaban J connectivity index is 1.95. The lowest BCUT2D eigenvalue weighted by Gasteiger charge is -2.08. The summed E-state index contributed by atoms with van der Waals surface area (Å²) in [6.45, 7) is 0.792. The molecule has 2 aromatic rings. The third-order valence-corrected chi connectivity index (χ3v) is 2.37. The molecule has 0 amide bonds. The number of ether oxygens (including phenoxy) is 2. The summed E-state index contributed by atoms with van der Waals surface area (Å²) in [6.07, 6.45) is 5.15. The number of para-hydroxylation sites is 1. The maximum atomic E-state index is 5.66. The van der Waals surface area contributed by atoms with Crippen LogP contribution in [0.5, 0.6) is 11.5 Å². The smallest absolute Gasteiger partial charge is 0.148 e. The fourth-order valence-corrected chi connectivity index (χ4v) is 1.53. The van der Waals surface area contributed by atoms with Crippen molar-refractivity contribution in [1.82, 2.24) is 0 Å². The summed E-state index contributed by atoms with van der Waals surface area (Å²) >= 11 is 0. The van der Waals surface area contributed by atoms with Gasteiger partial charge < -0.3 is 9.47 Å². The lowest BCUT2D eigenvalue weighted by molar-refractivity contribution is 0.304. The molecular weight excluding hydrogens is 224 g/mol. The van der Waals surface area contributed by atoms with E-state index in [0.717, 1.165) is 17.1 Å². The molecule has 0 unspecified atom stereocenters. The number of terminal acetylenes is 1.